The van der Waals surface area contributed by atoms with Crippen LogP contribution in [0.15, 0.2) is 24.4 Å². The maximum absolute atomic E-state index is 11.9. The zero-order valence-electron chi connectivity index (χ0n) is 10.3. The lowest BCUT2D eigenvalue weighted by Crippen LogP contribution is -2.41. The number of sulfonamides is 1. The molecule has 18 heavy (non-hydrogen) atoms. The van der Waals surface area contributed by atoms with Gasteiger partial charge in [-0.2, -0.15) is 4.31 Å². The summed E-state index contributed by atoms with van der Waals surface area (Å²) in [7, 11) is -2.32. The Labute approximate surface area is 106 Å². The van der Waals surface area contributed by atoms with E-state index in [1.165, 1.54) is 14.0 Å². The summed E-state index contributed by atoms with van der Waals surface area (Å²) in [6, 6.07) is 4.18. The van der Waals surface area contributed by atoms with E-state index in [2.05, 4.69) is 4.98 Å². The maximum atomic E-state index is 11.9. The monoisotopic (exact) mass is 272 g/mol. The van der Waals surface area contributed by atoms with Gasteiger partial charge in [-0.1, -0.05) is 6.07 Å². The molecule has 0 amide bonds. The highest BCUT2D eigenvalue weighted by atomic mass is 32.2. The van der Waals surface area contributed by atoms with Crippen LogP contribution in [0, 0.1) is 0 Å². The van der Waals surface area contributed by atoms with Crippen LogP contribution in [-0.2, 0) is 21.2 Å². The van der Waals surface area contributed by atoms with Crippen molar-refractivity contribution in [3.8, 4) is 0 Å². The Kier molecular flexibility index (Phi) is 4.80. The topological polar surface area (TPSA) is 87.6 Å². The zero-order chi connectivity index (χ0) is 13.8. The van der Waals surface area contributed by atoms with E-state index in [-0.39, 0.29) is 12.2 Å². The van der Waals surface area contributed by atoms with Gasteiger partial charge in [-0.15, -0.1) is 0 Å². The van der Waals surface area contributed by atoms with Crippen molar-refractivity contribution in [3.05, 3.63) is 30.1 Å². The molecule has 7 heteroatoms. The van der Waals surface area contributed by atoms with Crippen LogP contribution in [0.2, 0.25) is 0 Å². The Morgan fingerprint density at radius 1 is 1.50 bits per heavy atom. The molecular weight excluding hydrogens is 256 g/mol. The van der Waals surface area contributed by atoms with E-state index in [1.54, 1.807) is 24.4 Å². The van der Waals surface area contributed by atoms with Crippen LogP contribution in [0.3, 0.4) is 0 Å². The van der Waals surface area contributed by atoms with E-state index in [0.29, 0.717) is 5.69 Å². The van der Waals surface area contributed by atoms with E-state index in [1.807, 2.05) is 0 Å². The SMILES string of the molecule is CC(C(=O)O)N(C)S(=O)(=O)CCc1ccccn1. The third-order valence-corrected chi connectivity index (χ3v) is 4.60. The lowest BCUT2D eigenvalue weighted by Gasteiger charge is -2.20. The minimum atomic E-state index is -3.59. The molecule has 1 atom stereocenters. The van der Waals surface area contributed by atoms with Crippen LogP contribution in [0.1, 0.15) is 12.6 Å². The Bertz CT molecular complexity index is 501. The molecule has 0 aliphatic carbocycles. The van der Waals surface area contributed by atoms with Crippen LogP contribution in [0.4, 0.5) is 0 Å². The Hall–Kier alpha value is -1.47. The second-order valence-electron chi connectivity index (χ2n) is 3.92. The molecule has 6 nitrogen and oxygen atoms in total. The number of aryl methyl sites for hydroxylation is 1. The number of likely N-dealkylation sites (N-methyl/N-ethyl adjacent to an activating group) is 1. The van der Waals surface area contributed by atoms with Crippen LogP contribution in [0.5, 0.6) is 0 Å². The minimum Gasteiger partial charge on any atom is -0.480 e. The number of rotatable bonds is 6. The molecule has 0 radical (unpaired) electrons. The lowest BCUT2D eigenvalue weighted by atomic mass is 10.3. The first kappa shape index (κ1) is 14.6. The number of aromatic nitrogens is 1. The highest BCUT2D eigenvalue weighted by Crippen LogP contribution is 2.07. The van der Waals surface area contributed by atoms with Gasteiger partial charge in [0.15, 0.2) is 0 Å². The standard InChI is InChI=1S/C11H16N2O4S/c1-9(11(14)15)13(2)18(16,17)8-6-10-5-3-4-7-12-10/h3-5,7,9H,6,8H2,1-2H3,(H,14,15). The van der Waals surface area contributed by atoms with Gasteiger partial charge in [0.2, 0.25) is 10.0 Å². The van der Waals surface area contributed by atoms with Crippen molar-refractivity contribution < 1.29 is 18.3 Å². The minimum absolute atomic E-state index is 0.155. The van der Waals surface area contributed by atoms with Crippen LogP contribution in [0.25, 0.3) is 0 Å². The van der Waals surface area contributed by atoms with Crippen molar-refractivity contribution in [2.75, 3.05) is 12.8 Å². The number of hydrogen-bond acceptors (Lipinski definition) is 4. The summed E-state index contributed by atoms with van der Waals surface area (Å²) < 4.78 is 24.6. The van der Waals surface area contributed by atoms with Crippen molar-refractivity contribution >= 4 is 16.0 Å². The Morgan fingerprint density at radius 2 is 2.17 bits per heavy atom. The molecule has 0 saturated carbocycles. The van der Waals surface area contributed by atoms with Gasteiger partial charge in [0.05, 0.1) is 5.75 Å². The molecule has 1 rings (SSSR count). The first-order chi connectivity index (χ1) is 8.34. The second kappa shape index (κ2) is 5.92. The van der Waals surface area contributed by atoms with Gasteiger partial charge in [-0.25, -0.2) is 8.42 Å². The number of hydrogen-bond donors (Lipinski definition) is 1. The van der Waals surface area contributed by atoms with Gasteiger partial charge in [-0.05, 0) is 19.1 Å². The lowest BCUT2D eigenvalue weighted by molar-refractivity contribution is -0.140. The predicted molar refractivity (Wildman–Crippen MR) is 66.6 cm³/mol. The highest BCUT2D eigenvalue weighted by molar-refractivity contribution is 7.89. The summed E-state index contributed by atoms with van der Waals surface area (Å²) in [4.78, 5) is 14.8. The van der Waals surface area contributed by atoms with E-state index < -0.39 is 22.0 Å². The molecule has 0 fully saturated rings. The Morgan fingerprint density at radius 3 is 2.67 bits per heavy atom. The highest BCUT2D eigenvalue weighted by Gasteiger charge is 2.27. The van der Waals surface area contributed by atoms with Gasteiger partial charge in [0.25, 0.3) is 0 Å². The average Bonchev–Trinajstić information content (AvgIpc) is 2.35. The fraction of sp³-hybridized carbons (Fsp3) is 0.455. The van der Waals surface area contributed by atoms with E-state index in [9.17, 15) is 13.2 Å². The number of pyridine rings is 1. The summed E-state index contributed by atoms with van der Waals surface area (Å²) in [6.45, 7) is 1.33. The van der Waals surface area contributed by atoms with Gasteiger partial charge in [0, 0.05) is 25.4 Å². The third kappa shape index (κ3) is 3.78. The molecule has 1 aromatic heterocycles. The summed E-state index contributed by atoms with van der Waals surface area (Å²) in [5.41, 5.74) is 0.664. The van der Waals surface area contributed by atoms with E-state index in [0.717, 1.165) is 4.31 Å². The molecule has 0 saturated heterocycles. The first-order valence-electron chi connectivity index (χ1n) is 5.43. The molecule has 0 spiro atoms. The number of carboxylic acid groups (broad SMARTS) is 1. The molecular formula is C11H16N2O4S. The molecule has 1 heterocycles. The smallest absolute Gasteiger partial charge is 0.321 e. The Balaban J connectivity index is 2.68. The molecule has 1 unspecified atom stereocenters. The quantitative estimate of drug-likeness (QED) is 0.807. The first-order valence-corrected chi connectivity index (χ1v) is 7.04. The van der Waals surface area contributed by atoms with Gasteiger partial charge >= 0.3 is 5.97 Å². The largest absolute Gasteiger partial charge is 0.480 e. The van der Waals surface area contributed by atoms with Crippen molar-refractivity contribution in [1.29, 1.82) is 0 Å². The fourth-order valence-corrected chi connectivity index (χ4v) is 2.65. The number of carboxylic acids is 1. The van der Waals surface area contributed by atoms with E-state index in [4.69, 9.17) is 5.11 Å². The van der Waals surface area contributed by atoms with Crippen LogP contribution < -0.4 is 0 Å². The van der Waals surface area contributed by atoms with Crippen molar-refractivity contribution in [2.24, 2.45) is 0 Å². The summed E-state index contributed by atoms with van der Waals surface area (Å²) in [5, 5.41) is 8.78. The molecule has 1 aromatic rings. The van der Waals surface area contributed by atoms with Crippen molar-refractivity contribution in [1.82, 2.24) is 9.29 Å². The van der Waals surface area contributed by atoms with Gasteiger partial charge in [0.1, 0.15) is 6.04 Å². The van der Waals surface area contributed by atoms with Crippen molar-refractivity contribution in [3.63, 3.8) is 0 Å². The number of carbonyl (C=O) groups is 1. The molecule has 1 N–H and O–H groups in total. The molecule has 0 aliphatic rings. The average molecular weight is 272 g/mol. The predicted octanol–water partition coefficient (Wildman–Crippen LogP) is 0.359. The molecule has 0 aromatic carbocycles. The van der Waals surface area contributed by atoms with Gasteiger partial charge in [-0.3, -0.25) is 9.78 Å². The van der Waals surface area contributed by atoms with E-state index >= 15 is 0 Å². The number of nitrogens with zero attached hydrogens (tertiary/aromatic N) is 2. The van der Waals surface area contributed by atoms with Gasteiger partial charge < -0.3 is 5.11 Å². The summed E-state index contributed by atoms with van der Waals surface area (Å²) >= 11 is 0. The van der Waals surface area contributed by atoms with Crippen LogP contribution >= 0.6 is 0 Å². The van der Waals surface area contributed by atoms with Crippen LogP contribution in [-0.4, -0.2) is 47.6 Å². The maximum Gasteiger partial charge on any atom is 0.321 e. The zero-order valence-corrected chi connectivity index (χ0v) is 11.1. The van der Waals surface area contributed by atoms with Crippen molar-refractivity contribution in [2.45, 2.75) is 19.4 Å². The number of aliphatic carboxylic acids is 1. The summed E-state index contributed by atoms with van der Waals surface area (Å²) in [5.74, 6) is -1.32. The molecule has 0 bridgehead atoms. The fourth-order valence-electron chi connectivity index (χ4n) is 1.32. The second-order valence-corrected chi connectivity index (χ2v) is 6.07. The normalized spacial score (nSPS) is 13.5. The third-order valence-electron chi connectivity index (χ3n) is 2.68. The molecule has 0 aliphatic heterocycles. The molecule has 100 valence electrons. The summed E-state index contributed by atoms with van der Waals surface area (Å²) in [6.07, 6.45) is 1.85.